The first-order chi connectivity index (χ1) is 8.99. The molecule has 0 saturated carbocycles. The lowest BCUT2D eigenvalue weighted by atomic mass is 9.92. The smallest absolute Gasteiger partial charge is 0.154 e. The number of rotatable bonds is 4. The van der Waals surface area contributed by atoms with E-state index in [0.717, 1.165) is 25.2 Å². The molecular weight excluding hydrogens is 296 g/mol. The number of nitrogens with zero attached hydrogens (tertiary/aromatic N) is 4. The molecule has 0 radical (unpaired) electrons. The van der Waals surface area contributed by atoms with Crippen molar-refractivity contribution in [2.45, 2.75) is 46.8 Å². The molecule has 0 unspecified atom stereocenters. The molecule has 0 spiro atoms. The van der Waals surface area contributed by atoms with E-state index < -0.39 is 0 Å². The van der Waals surface area contributed by atoms with Gasteiger partial charge in [0.25, 0.3) is 0 Å². The van der Waals surface area contributed by atoms with Crippen LogP contribution < -0.4 is 0 Å². The van der Waals surface area contributed by atoms with Crippen molar-refractivity contribution >= 4 is 34.9 Å². The van der Waals surface area contributed by atoms with Crippen molar-refractivity contribution < 1.29 is 0 Å². The van der Waals surface area contributed by atoms with E-state index in [0.29, 0.717) is 0 Å². The molecule has 0 amide bonds. The molecule has 0 aromatic carbocycles. The number of hydrogen-bond acceptors (Lipinski definition) is 7. The maximum Gasteiger partial charge on any atom is 0.181 e. The second kappa shape index (κ2) is 6.19. The van der Waals surface area contributed by atoms with Crippen LogP contribution in [0.2, 0.25) is 0 Å². The standard InChI is InChI=1S/C12H16N4S3/c1-5-17-10-15-16-11(19-10)18-9-7-6-8(13-14-9)12(2,3)4/h6-7H,5H2,1-4H3. The van der Waals surface area contributed by atoms with Crippen LogP contribution in [0.4, 0.5) is 0 Å². The minimum Gasteiger partial charge on any atom is -0.154 e. The van der Waals surface area contributed by atoms with Crippen molar-refractivity contribution in [1.29, 1.82) is 0 Å². The molecule has 19 heavy (non-hydrogen) atoms. The molecule has 2 rings (SSSR count). The van der Waals surface area contributed by atoms with Crippen molar-refractivity contribution in [1.82, 2.24) is 20.4 Å². The summed E-state index contributed by atoms with van der Waals surface area (Å²) in [5.41, 5.74) is 1.03. The molecule has 2 aromatic rings. The second-order valence-electron chi connectivity index (χ2n) is 4.88. The summed E-state index contributed by atoms with van der Waals surface area (Å²) in [5.74, 6) is 1.01. The van der Waals surface area contributed by atoms with Crippen molar-refractivity contribution in [2.24, 2.45) is 0 Å². The van der Waals surface area contributed by atoms with Crippen LogP contribution in [-0.4, -0.2) is 26.1 Å². The van der Waals surface area contributed by atoms with Crippen LogP contribution in [-0.2, 0) is 5.41 Å². The summed E-state index contributed by atoms with van der Waals surface area (Å²) >= 11 is 4.82. The number of hydrogen-bond donors (Lipinski definition) is 0. The minimum absolute atomic E-state index is 0.0316. The van der Waals surface area contributed by atoms with Gasteiger partial charge >= 0.3 is 0 Å². The van der Waals surface area contributed by atoms with Gasteiger partial charge in [-0.15, -0.1) is 15.3 Å². The Kier molecular flexibility index (Phi) is 4.81. The van der Waals surface area contributed by atoms with Gasteiger partial charge in [-0.05, 0) is 29.6 Å². The monoisotopic (exact) mass is 312 g/mol. The van der Waals surface area contributed by atoms with Crippen LogP contribution >= 0.6 is 34.9 Å². The molecule has 0 aliphatic heterocycles. The normalized spacial score (nSPS) is 11.8. The Morgan fingerprint density at radius 3 is 2.37 bits per heavy atom. The first-order valence-corrected chi connectivity index (χ1v) is 8.59. The molecule has 0 aliphatic carbocycles. The summed E-state index contributed by atoms with van der Waals surface area (Å²) in [5, 5.41) is 17.6. The Morgan fingerprint density at radius 2 is 1.79 bits per heavy atom. The van der Waals surface area contributed by atoms with Crippen molar-refractivity contribution in [3.05, 3.63) is 17.8 Å². The zero-order valence-electron chi connectivity index (χ0n) is 11.4. The van der Waals surface area contributed by atoms with Crippen molar-refractivity contribution in [3.8, 4) is 0 Å². The third-order valence-electron chi connectivity index (χ3n) is 2.26. The summed E-state index contributed by atoms with van der Waals surface area (Å²) in [6, 6.07) is 4.02. The molecular formula is C12H16N4S3. The fourth-order valence-corrected chi connectivity index (χ4v) is 4.06. The van der Waals surface area contributed by atoms with Crippen molar-refractivity contribution in [2.75, 3.05) is 5.75 Å². The molecule has 0 aliphatic rings. The highest BCUT2D eigenvalue weighted by Gasteiger charge is 2.16. The van der Waals surface area contributed by atoms with Crippen molar-refractivity contribution in [3.63, 3.8) is 0 Å². The van der Waals surface area contributed by atoms with Crippen LogP contribution in [0.15, 0.2) is 25.8 Å². The van der Waals surface area contributed by atoms with E-state index in [2.05, 4.69) is 48.1 Å². The largest absolute Gasteiger partial charge is 0.181 e. The first-order valence-electron chi connectivity index (χ1n) is 5.97. The molecule has 0 atom stereocenters. The molecule has 102 valence electrons. The average molecular weight is 312 g/mol. The summed E-state index contributed by atoms with van der Waals surface area (Å²) in [6.45, 7) is 8.49. The van der Waals surface area contributed by atoms with E-state index >= 15 is 0 Å². The average Bonchev–Trinajstić information content (AvgIpc) is 2.77. The molecule has 0 fully saturated rings. The molecule has 0 saturated heterocycles. The highest BCUT2D eigenvalue weighted by Crippen LogP contribution is 2.32. The SMILES string of the molecule is CCSc1nnc(Sc2ccc(C(C)(C)C)nn2)s1. The molecule has 4 nitrogen and oxygen atoms in total. The van der Waals surface area contributed by atoms with Gasteiger partial charge in [-0.3, -0.25) is 0 Å². The van der Waals surface area contributed by atoms with Gasteiger partial charge in [0.05, 0.1) is 5.69 Å². The van der Waals surface area contributed by atoms with E-state index in [1.54, 1.807) is 23.1 Å². The first kappa shape index (κ1) is 14.7. The summed E-state index contributed by atoms with van der Waals surface area (Å²) in [4.78, 5) is 0. The molecule has 2 aromatic heterocycles. The van der Waals surface area contributed by atoms with Crippen LogP contribution in [0.5, 0.6) is 0 Å². The quantitative estimate of drug-likeness (QED) is 0.798. The van der Waals surface area contributed by atoms with Gasteiger partial charge in [-0.25, -0.2) is 0 Å². The van der Waals surface area contributed by atoms with E-state index in [1.807, 2.05) is 12.1 Å². The minimum atomic E-state index is 0.0316. The van der Waals surface area contributed by atoms with Crippen LogP contribution in [0.3, 0.4) is 0 Å². The third-order valence-corrected chi connectivity index (χ3v) is 5.17. The maximum atomic E-state index is 4.27. The van der Waals surface area contributed by atoms with Gasteiger partial charge in [-0.1, -0.05) is 50.8 Å². The Labute approximate surface area is 125 Å². The van der Waals surface area contributed by atoms with Gasteiger partial charge in [-0.2, -0.15) is 5.10 Å². The Hall–Kier alpha value is -0.660. The highest BCUT2D eigenvalue weighted by atomic mass is 32.2. The van der Waals surface area contributed by atoms with Gasteiger partial charge in [0, 0.05) is 5.41 Å². The van der Waals surface area contributed by atoms with Crippen LogP contribution in [0.25, 0.3) is 0 Å². The lowest BCUT2D eigenvalue weighted by Gasteiger charge is -2.16. The zero-order valence-corrected chi connectivity index (χ0v) is 13.8. The van der Waals surface area contributed by atoms with Gasteiger partial charge < -0.3 is 0 Å². The predicted molar refractivity (Wildman–Crippen MR) is 81.2 cm³/mol. The van der Waals surface area contributed by atoms with Crippen LogP contribution in [0, 0.1) is 0 Å². The van der Waals surface area contributed by atoms with Gasteiger partial charge in [0.15, 0.2) is 8.68 Å². The lowest BCUT2D eigenvalue weighted by Crippen LogP contribution is -2.14. The third kappa shape index (κ3) is 4.15. The van der Waals surface area contributed by atoms with E-state index in [-0.39, 0.29) is 5.41 Å². The van der Waals surface area contributed by atoms with Gasteiger partial charge in [0.2, 0.25) is 0 Å². The Morgan fingerprint density at radius 1 is 1.05 bits per heavy atom. The van der Waals surface area contributed by atoms with E-state index in [9.17, 15) is 0 Å². The molecule has 7 heteroatoms. The fraction of sp³-hybridized carbons (Fsp3) is 0.500. The Bertz CT molecular complexity index is 531. The number of thioether (sulfide) groups is 1. The highest BCUT2D eigenvalue weighted by molar-refractivity contribution is 8.03. The van der Waals surface area contributed by atoms with Crippen LogP contribution in [0.1, 0.15) is 33.4 Å². The summed E-state index contributed by atoms with van der Waals surface area (Å²) < 4.78 is 1.91. The van der Waals surface area contributed by atoms with E-state index in [4.69, 9.17) is 0 Å². The molecule has 0 bridgehead atoms. The summed E-state index contributed by atoms with van der Waals surface area (Å²) in [6.07, 6.45) is 0. The van der Waals surface area contributed by atoms with E-state index in [1.165, 1.54) is 11.8 Å². The zero-order chi connectivity index (χ0) is 13.9. The molecule has 2 heterocycles. The lowest BCUT2D eigenvalue weighted by molar-refractivity contribution is 0.554. The predicted octanol–water partition coefficient (Wildman–Crippen LogP) is 3.89. The van der Waals surface area contributed by atoms with Gasteiger partial charge in [0.1, 0.15) is 5.03 Å². The topological polar surface area (TPSA) is 51.6 Å². The molecule has 0 N–H and O–H groups in total. The maximum absolute atomic E-state index is 4.27. The fourth-order valence-electron chi connectivity index (χ4n) is 1.28. The second-order valence-corrected chi connectivity index (χ2v) is 8.63. The summed E-state index contributed by atoms with van der Waals surface area (Å²) in [7, 11) is 0. The number of aromatic nitrogens is 4. The Balaban J connectivity index is 2.06.